The summed E-state index contributed by atoms with van der Waals surface area (Å²) in [6.07, 6.45) is 2.79. The van der Waals surface area contributed by atoms with Crippen molar-refractivity contribution in [1.29, 1.82) is 0 Å². The van der Waals surface area contributed by atoms with Crippen molar-refractivity contribution in [2.75, 3.05) is 19.6 Å². The number of aryl methyl sites for hydroxylation is 1. The van der Waals surface area contributed by atoms with Crippen molar-refractivity contribution in [3.8, 4) is 11.1 Å². The van der Waals surface area contributed by atoms with Crippen LogP contribution < -0.4 is 5.32 Å². The summed E-state index contributed by atoms with van der Waals surface area (Å²) in [4.78, 5) is 20.0. The Kier molecular flexibility index (Phi) is 5.56. The normalized spacial score (nSPS) is 16.5. The van der Waals surface area contributed by atoms with Crippen LogP contribution in [0.4, 0.5) is 4.39 Å². The number of fused-ring (bicyclic) bond motifs is 1. The molecule has 0 spiro atoms. The number of aromatic nitrogens is 3. The van der Waals surface area contributed by atoms with Crippen molar-refractivity contribution in [2.24, 2.45) is 7.05 Å². The number of carbonyl (C=O) groups is 1. The van der Waals surface area contributed by atoms with Gasteiger partial charge in [0, 0.05) is 43.2 Å². The van der Waals surface area contributed by atoms with Crippen LogP contribution in [0.2, 0.25) is 0 Å². The summed E-state index contributed by atoms with van der Waals surface area (Å²) in [6.45, 7) is 8.28. The lowest BCUT2D eigenvalue weighted by Crippen LogP contribution is -2.37. The highest BCUT2D eigenvalue weighted by Crippen LogP contribution is 2.35. The number of nitrogens with zero attached hydrogens (tertiary/aromatic N) is 4. The van der Waals surface area contributed by atoms with E-state index in [-0.39, 0.29) is 11.9 Å². The number of amides is 1. The molecule has 0 saturated carbocycles. The third-order valence-electron chi connectivity index (χ3n) is 5.93. The molecule has 0 radical (unpaired) electrons. The van der Waals surface area contributed by atoms with Gasteiger partial charge >= 0.3 is 0 Å². The molecule has 1 atom stereocenters. The molecule has 1 N–H and O–H groups in total. The fourth-order valence-corrected chi connectivity index (χ4v) is 4.30. The van der Waals surface area contributed by atoms with Gasteiger partial charge in [-0.1, -0.05) is 6.07 Å². The average Bonchev–Trinajstić information content (AvgIpc) is 3.38. The van der Waals surface area contributed by atoms with E-state index in [0.29, 0.717) is 23.6 Å². The van der Waals surface area contributed by atoms with E-state index >= 15 is 0 Å². The Balaban J connectivity index is 1.93. The highest BCUT2D eigenvalue weighted by molar-refractivity contribution is 6.05. The minimum atomic E-state index is -0.418. The van der Waals surface area contributed by atoms with E-state index in [4.69, 9.17) is 4.98 Å². The standard InChI is InChI=1S/C23H28FN5O/c1-5-29(14(2)3)23(30)19-10-16(24)6-7-17(19)18-11-21(15-8-9-25-12-15)27-22-20(18)13-26-28(22)4/h6-7,10-11,13-15,25H,5,8-9,12H2,1-4H3. The largest absolute Gasteiger partial charge is 0.336 e. The fraction of sp³-hybridized carbons (Fsp3) is 0.435. The molecule has 3 aromatic rings. The Labute approximate surface area is 176 Å². The van der Waals surface area contributed by atoms with E-state index < -0.39 is 5.82 Å². The van der Waals surface area contributed by atoms with Gasteiger partial charge in [0.1, 0.15) is 5.82 Å². The number of rotatable bonds is 5. The van der Waals surface area contributed by atoms with Gasteiger partial charge in [-0.05, 0) is 63.1 Å². The number of hydrogen-bond donors (Lipinski definition) is 1. The second-order valence-electron chi connectivity index (χ2n) is 8.16. The predicted octanol–water partition coefficient (Wildman–Crippen LogP) is 3.72. The molecule has 1 aromatic carbocycles. The molecule has 1 fully saturated rings. The van der Waals surface area contributed by atoms with Gasteiger partial charge in [0.05, 0.1) is 11.8 Å². The van der Waals surface area contributed by atoms with Crippen molar-refractivity contribution in [2.45, 2.75) is 39.2 Å². The van der Waals surface area contributed by atoms with Crippen LogP contribution in [-0.2, 0) is 7.05 Å². The molecular formula is C23H28FN5O. The summed E-state index contributed by atoms with van der Waals surface area (Å²) in [5, 5.41) is 8.64. The highest BCUT2D eigenvalue weighted by atomic mass is 19.1. The first-order chi connectivity index (χ1) is 14.4. The molecule has 1 unspecified atom stereocenters. The van der Waals surface area contributed by atoms with Crippen LogP contribution >= 0.6 is 0 Å². The molecule has 0 aliphatic carbocycles. The molecule has 1 amide bonds. The Hall–Kier alpha value is -2.80. The molecule has 1 aliphatic rings. The maximum Gasteiger partial charge on any atom is 0.254 e. The molecule has 30 heavy (non-hydrogen) atoms. The average molecular weight is 410 g/mol. The SMILES string of the molecule is CCN(C(=O)c1cc(F)ccc1-c1cc(C2CCNC2)nc2c1cnn2C)C(C)C. The summed E-state index contributed by atoms with van der Waals surface area (Å²) in [5.74, 6) is -0.274. The van der Waals surface area contributed by atoms with Crippen LogP contribution in [0.5, 0.6) is 0 Å². The Morgan fingerprint density at radius 3 is 2.80 bits per heavy atom. The second-order valence-corrected chi connectivity index (χ2v) is 8.16. The number of hydrogen-bond acceptors (Lipinski definition) is 4. The molecular weight excluding hydrogens is 381 g/mol. The summed E-state index contributed by atoms with van der Waals surface area (Å²) in [5.41, 5.74) is 3.71. The van der Waals surface area contributed by atoms with Crippen LogP contribution in [0.3, 0.4) is 0 Å². The maximum absolute atomic E-state index is 14.2. The monoisotopic (exact) mass is 409 g/mol. The van der Waals surface area contributed by atoms with Crippen molar-refractivity contribution in [3.63, 3.8) is 0 Å². The fourth-order valence-electron chi connectivity index (χ4n) is 4.30. The van der Waals surface area contributed by atoms with E-state index in [0.717, 1.165) is 41.8 Å². The van der Waals surface area contributed by atoms with Gasteiger partial charge in [-0.2, -0.15) is 5.10 Å². The minimum Gasteiger partial charge on any atom is -0.336 e. The van der Waals surface area contributed by atoms with Crippen molar-refractivity contribution >= 4 is 16.9 Å². The van der Waals surface area contributed by atoms with Gasteiger partial charge in [0.15, 0.2) is 5.65 Å². The first kappa shape index (κ1) is 20.5. The first-order valence-corrected chi connectivity index (χ1v) is 10.5. The van der Waals surface area contributed by atoms with E-state index in [1.807, 2.05) is 27.8 Å². The number of benzene rings is 1. The van der Waals surface area contributed by atoms with E-state index in [1.165, 1.54) is 12.1 Å². The number of nitrogens with one attached hydrogen (secondary N) is 1. The zero-order chi connectivity index (χ0) is 21.4. The van der Waals surface area contributed by atoms with Crippen LogP contribution in [0.1, 0.15) is 49.2 Å². The third kappa shape index (κ3) is 3.58. The summed E-state index contributed by atoms with van der Waals surface area (Å²) in [6, 6.07) is 6.54. The maximum atomic E-state index is 14.2. The molecule has 3 heterocycles. The van der Waals surface area contributed by atoms with Gasteiger partial charge in [-0.15, -0.1) is 0 Å². The quantitative estimate of drug-likeness (QED) is 0.698. The minimum absolute atomic E-state index is 0.0228. The Morgan fingerprint density at radius 1 is 1.33 bits per heavy atom. The first-order valence-electron chi connectivity index (χ1n) is 10.5. The van der Waals surface area contributed by atoms with Gasteiger partial charge in [-0.3, -0.25) is 9.48 Å². The van der Waals surface area contributed by atoms with Crippen molar-refractivity contribution in [3.05, 3.63) is 47.5 Å². The molecule has 158 valence electrons. The van der Waals surface area contributed by atoms with Gasteiger partial charge in [-0.25, -0.2) is 9.37 Å². The molecule has 1 saturated heterocycles. The van der Waals surface area contributed by atoms with Gasteiger partial charge in [0.25, 0.3) is 5.91 Å². The zero-order valence-corrected chi connectivity index (χ0v) is 17.9. The molecule has 2 aromatic heterocycles. The predicted molar refractivity (Wildman–Crippen MR) is 116 cm³/mol. The Morgan fingerprint density at radius 2 is 2.13 bits per heavy atom. The van der Waals surface area contributed by atoms with Crippen LogP contribution in [-0.4, -0.2) is 51.2 Å². The van der Waals surface area contributed by atoms with E-state index in [1.54, 1.807) is 21.8 Å². The smallest absolute Gasteiger partial charge is 0.254 e. The zero-order valence-electron chi connectivity index (χ0n) is 17.9. The summed E-state index contributed by atoms with van der Waals surface area (Å²) >= 11 is 0. The van der Waals surface area contributed by atoms with Crippen molar-refractivity contribution in [1.82, 2.24) is 25.0 Å². The number of carbonyl (C=O) groups excluding carboxylic acids is 1. The summed E-state index contributed by atoms with van der Waals surface area (Å²) in [7, 11) is 1.87. The van der Waals surface area contributed by atoms with Gasteiger partial charge in [0.2, 0.25) is 0 Å². The van der Waals surface area contributed by atoms with Gasteiger partial charge < -0.3 is 10.2 Å². The molecule has 4 rings (SSSR count). The van der Waals surface area contributed by atoms with Crippen LogP contribution in [0.15, 0.2) is 30.5 Å². The summed E-state index contributed by atoms with van der Waals surface area (Å²) < 4.78 is 16.0. The third-order valence-corrected chi connectivity index (χ3v) is 5.93. The Bertz CT molecular complexity index is 1080. The number of halogens is 1. The molecule has 7 heteroatoms. The van der Waals surface area contributed by atoms with Crippen molar-refractivity contribution < 1.29 is 9.18 Å². The molecule has 0 bridgehead atoms. The molecule has 6 nitrogen and oxygen atoms in total. The highest BCUT2D eigenvalue weighted by Gasteiger charge is 2.25. The number of pyridine rings is 1. The lowest BCUT2D eigenvalue weighted by molar-refractivity contribution is 0.0717. The second kappa shape index (κ2) is 8.14. The lowest BCUT2D eigenvalue weighted by atomic mass is 9.93. The van der Waals surface area contributed by atoms with Crippen LogP contribution in [0, 0.1) is 5.82 Å². The lowest BCUT2D eigenvalue weighted by Gasteiger charge is -2.26. The molecule has 1 aliphatic heterocycles. The van der Waals surface area contributed by atoms with Crippen LogP contribution in [0.25, 0.3) is 22.2 Å². The topological polar surface area (TPSA) is 63.1 Å². The van der Waals surface area contributed by atoms with E-state index in [2.05, 4.69) is 16.5 Å². The van der Waals surface area contributed by atoms with E-state index in [9.17, 15) is 9.18 Å².